The number of carbonyl (C=O) groups excluding carboxylic acids is 1. The monoisotopic (exact) mass is 370 g/mol. The topological polar surface area (TPSA) is 56.4 Å². The second-order valence-corrected chi connectivity index (χ2v) is 8.50. The standard InChI is InChI=1S/C20H26N4OS/c1-13(2)17-11-18(23-22-17)20(25)21-15-3-5-16(6-4-15)24-9-7-19-14(12-24)8-10-26-19/h3-6,8,10,13,17-18,22-23H,7,9,11-12H2,1-2H3,(H,21,25). The van der Waals surface area contributed by atoms with E-state index in [1.165, 1.54) is 16.1 Å². The van der Waals surface area contributed by atoms with Crippen LogP contribution in [0, 0.1) is 5.92 Å². The van der Waals surface area contributed by atoms with Gasteiger partial charge in [0.15, 0.2) is 0 Å². The summed E-state index contributed by atoms with van der Waals surface area (Å²) in [6, 6.07) is 10.6. The largest absolute Gasteiger partial charge is 0.367 e. The molecule has 3 N–H and O–H groups in total. The molecule has 26 heavy (non-hydrogen) atoms. The van der Waals surface area contributed by atoms with E-state index >= 15 is 0 Å². The molecule has 5 nitrogen and oxygen atoms in total. The lowest BCUT2D eigenvalue weighted by molar-refractivity contribution is -0.117. The Hall–Kier alpha value is -1.89. The normalized spacial score (nSPS) is 22.5. The van der Waals surface area contributed by atoms with E-state index in [1.807, 2.05) is 23.5 Å². The molecule has 1 saturated heterocycles. The molecule has 2 aliphatic heterocycles. The molecule has 1 aromatic heterocycles. The highest BCUT2D eigenvalue weighted by Gasteiger charge is 2.30. The molecular weight excluding hydrogens is 344 g/mol. The minimum atomic E-state index is -0.179. The Morgan fingerprint density at radius 3 is 2.77 bits per heavy atom. The van der Waals surface area contributed by atoms with Gasteiger partial charge in [-0.15, -0.1) is 11.3 Å². The zero-order valence-corrected chi connectivity index (χ0v) is 16.1. The molecule has 2 aliphatic rings. The van der Waals surface area contributed by atoms with Gasteiger partial charge in [-0.1, -0.05) is 13.8 Å². The number of rotatable bonds is 4. The van der Waals surface area contributed by atoms with Crippen LogP contribution >= 0.6 is 11.3 Å². The lowest BCUT2D eigenvalue weighted by Gasteiger charge is -2.29. The summed E-state index contributed by atoms with van der Waals surface area (Å²) in [5, 5.41) is 5.21. The molecule has 2 aromatic rings. The van der Waals surface area contributed by atoms with Crippen molar-refractivity contribution in [1.82, 2.24) is 10.9 Å². The molecular formula is C20H26N4OS. The van der Waals surface area contributed by atoms with Crippen LogP contribution < -0.4 is 21.1 Å². The van der Waals surface area contributed by atoms with E-state index in [0.29, 0.717) is 12.0 Å². The number of fused-ring (bicyclic) bond motifs is 1. The second-order valence-electron chi connectivity index (χ2n) is 7.50. The van der Waals surface area contributed by atoms with Gasteiger partial charge in [-0.25, -0.2) is 5.43 Å². The molecule has 0 spiro atoms. The first-order chi connectivity index (χ1) is 12.6. The number of amides is 1. The van der Waals surface area contributed by atoms with E-state index in [1.54, 1.807) is 0 Å². The van der Waals surface area contributed by atoms with Crippen molar-refractivity contribution in [3.8, 4) is 0 Å². The van der Waals surface area contributed by atoms with Gasteiger partial charge in [-0.05, 0) is 60.0 Å². The fourth-order valence-electron chi connectivity index (χ4n) is 3.64. The van der Waals surface area contributed by atoms with Crippen LogP contribution in [0.3, 0.4) is 0 Å². The molecule has 4 rings (SSSR count). The Morgan fingerprint density at radius 2 is 2.04 bits per heavy atom. The van der Waals surface area contributed by atoms with Crippen molar-refractivity contribution in [3.05, 3.63) is 46.2 Å². The molecule has 6 heteroatoms. The maximum atomic E-state index is 12.5. The Balaban J connectivity index is 1.36. The number of hydrazine groups is 1. The Bertz CT molecular complexity index is 770. The number of thiophene rings is 1. The van der Waals surface area contributed by atoms with Crippen LogP contribution in [-0.4, -0.2) is 24.5 Å². The molecule has 0 bridgehead atoms. The lowest BCUT2D eigenvalue weighted by Crippen LogP contribution is -2.40. The van der Waals surface area contributed by atoms with Gasteiger partial charge in [0.2, 0.25) is 5.91 Å². The van der Waals surface area contributed by atoms with Crippen molar-refractivity contribution < 1.29 is 4.79 Å². The second kappa shape index (κ2) is 7.39. The number of carbonyl (C=O) groups is 1. The van der Waals surface area contributed by atoms with E-state index in [9.17, 15) is 4.79 Å². The van der Waals surface area contributed by atoms with Gasteiger partial charge in [-0.2, -0.15) is 0 Å². The summed E-state index contributed by atoms with van der Waals surface area (Å²) in [4.78, 5) is 16.4. The third-order valence-electron chi connectivity index (χ3n) is 5.36. The summed E-state index contributed by atoms with van der Waals surface area (Å²) < 4.78 is 0. The summed E-state index contributed by atoms with van der Waals surface area (Å²) >= 11 is 1.86. The molecule has 3 heterocycles. The third-order valence-corrected chi connectivity index (χ3v) is 6.38. The first-order valence-corrected chi connectivity index (χ1v) is 10.2. The van der Waals surface area contributed by atoms with Crippen LogP contribution in [-0.2, 0) is 17.8 Å². The molecule has 1 fully saturated rings. The smallest absolute Gasteiger partial charge is 0.242 e. The summed E-state index contributed by atoms with van der Waals surface area (Å²) in [5.74, 6) is 0.530. The Kier molecular flexibility index (Phi) is 4.98. The number of hydrogen-bond donors (Lipinski definition) is 3. The average Bonchev–Trinajstić information content (AvgIpc) is 3.31. The molecule has 2 atom stereocenters. The number of anilines is 2. The summed E-state index contributed by atoms with van der Waals surface area (Å²) in [7, 11) is 0. The summed E-state index contributed by atoms with van der Waals surface area (Å²) in [6.07, 6.45) is 1.93. The zero-order valence-electron chi connectivity index (χ0n) is 15.3. The van der Waals surface area contributed by atoms with Crippen LogP contribution in [0.4, 0.5) is 11.4 Å². The fourth-order valence-corrected chi connectivity index (χ4v) is 4.53. The van der Waals surface area contributed by atoms with Crippen LogP contribution in [0.25, 0.3) is 0 Å². The minimum absolute atomic E-state index is 0.0225. The van der Waals surface area contributed by atoms with Crippen molar-refractivity contribution in [2.75, 3.05) is 16.8 Å². The Morgan fingerprint density at radius 1 is 1.23 bits per heavy atom. The molecule has 1 aromatic carbocycles. The Labute approximate surface area is 158 Å². The molecule has 2 unspecified atom stereocenters. The highest BCUT2D eigenvalue weighted by Crippen LogP contribution is 2.28. The number of nitrogens with zero attached hydrogens (tertiary/aromatic N) is 1. The molecule has 0 radical (unpaired) electrons. The van der Waals surface area contributed by atoms with Gasteiger partial charge in [0, 0.05) is 35.4 Å². The maximum Gasteiger partial charge on any atom is 0.242 e. The van der Waals surface area contributed by atoms with Gasteiger partial charge in [0.25, 0.3) is 0 Å². The fraction of sp³-hybridized carbons (Fsp3) is 0.450. The van der Waals surface area contributed by atoms with Gasteiger partial charge in [0.05, 0.1) is 0 Å². The first-order valence-electron chi connectivity index (χ1n) is 9.32. The molecule has 0 saturated carbocycles. The molecule has 0 aliphatic carbocycles. The lowest BCUT2D eigenvalue weighted by atomic mass is 9.99. The van der Waals surface area contributed by atoms with E-state index < -0.39 is 0 Å². The summed E-state index contributed by atoms with van der Waals surface area (Å²) in [6.45, 7) is 6.35. The van der Waals surface area contributed by atoms with E-state index in [-0.39, 0.29) is 11.9 Å². The van der Waals surface area contributed by atoms with Gasteiger partial charge < -0.3 is 10.2 Å². The number of benzene rings is 1. The van der Waals surface area contributed by atoms with Crippen LogP contribution in [0.15, 0.2) is 35.7 Å². The van der Waals surface area contributed by atoms with Crippen molar-refractivity contribution >= 4 is 28.6 Å². The number of hydrogen-bond acceptors (Lipinski definition) is 5. The summed E-state index contributed by atoms with van der Waals surface area (Å²) in [5.41, 5.74) is 9.82. The first kappa shape index (κ1) is 17.5. The average molecular weight is 371 g/mol. The van der Waals surface area contributed by atoms with Gasteiger partial charge in [-0.3, -0.25) is 10.2 Å². The minimum Gasteiger partial charge on any atom is -0.367 e. The van der Waals surface area contributed by atoms with Crippen LogP contribution in [0.2, 0.25) is 0 Å². The van der Waals surface area contributed by atoms with Crippen molar-refractivity contribution in [2.24, 2.45) is 5.92 Å². The molecule has 138 valence electrons. The van der Waals surface area contributed by atoms with Crippen LogP contribution in [0.5, 0.6) is 0 Å². The van der Waals surface area contributed by atoms with Crippen LogP contribution in [0.1, 0.15) is 30.7 Å². The third kappa shape index (κ3) is 3.63. The quantitative estimate of drug-likeness (QED) is 0.774. The predicted octanol–water partition coefficient (Wildman–Crippen LogP) is 3.14. The molecule has 1 amide bonds. The van der Waals surface area contributed by atoms with Crippen molar-refractivity contribution in [3.63, 3.8) is 0 Å². The van der Waals surface area contributed by atoms with Crippen molar-refractivity contribution in [1.29, 1.82) is 0 Å². The van der Waals surface area contributed by atoms with E-state index in [2.05, 4.69) is 58.5 Å². The highest BCUT2D eigenvalue weighted by molar-refractivity contribution is 7.10. The zero-order chi connectivity index (χ0) is 18.1. The SMILES string of the molecule is CC(C)C1CC(C(=O)Nc2ccc(N3CCc4sccc4C3)cc2)NN1. The maximum absolute atomic E-state index is 12.5. The number of nitrogens with one attached hydrogen (secondary N) is 3. The van der Waals surface area contributed by atoms with E-state index in [4.69, 9.17) is 0 Å². The van der Waals surface area contributed by atoms with Gasteiger partial charge >= 0.3 is 0 Å². The highest BCUT2D eigenvalue weighted by atomic mass is 32.1. The van der Waals surface area contributed by atoms with Crippen molar-refractivity contribution in [2.45, 2.75) is 45.3 Å². The van der Waals surface area contributed by atoms with E-state index in [0.717, 1.165) is 31.6 Å². The van der Waals surface area contributed by atoms with Gasteiger partial charge in [0.1, 0.15) is 6.04 Å². The predicted molar refractivity (Wildman–Crippen MR) is 107 cm³/mol.